The van der Waals surface area contributed by atoms with E-state index in [0.29, 0.717) is 17.4 Å². The van der Waals surface area contributed by atoms with Gasteiger partial charge in [-0.15, -0.1) is 0 Å². The van der Waals surface area contributed by atoms with Crippen LogP contribution in [0.4, 0.5) is 5.69 Å². The molecule has 0 bridgehead atoms. The Balaban J connectivity index is 2.04. The third kappa shape index (κ3) is 2.55. The van der Waals surface area contributed by atoms with E-state index in [1.165, 1.54) is 6.20 Å². The minimum atomic E-state index is -0.00523. The Bertz CT molecular complexity index is 401. The number of amides is 1. The summed E-state index contributed by atoms with van der Waals surface area (Å²) < 4.78 is 0. The Morgan fingerprint density at radius 2 is 2.29 bits per heavy atom. The second kappa shape index (κ2) is 4.71. The van der Waals surface area contributed by atoms with Gasteiger partial charge in [-0.2, -0.15) is 0 Å². The zero-order valence-corrected chi connectivity index (χ0v) is 10.3. The molecule has 1 aromatic rings. The van der Waals surface area contributed by atoms with Crippen molar-refractivity contribution in [1.29, 1.82) is 0 Å². The molecule has 1 saturated heterocycles. The fraction of sp³-hybridized carbons (Fsp3) is 0.500. The average molecular weight is 234 g/mol. The summed E-state index contributed by atoms with van der Waals surface area (Å²) in [6.07, 6.45) is 2.54. The summed E-state index contributed by atoms with van der Waals surface area (Å²) >= 11 is 0. The Hall–Kier alpha value is -1.62. The summed E-state index contributed by atoms with van der Waals surface area (Å²) in [6, 6.07) is 3.84. The first-order chi connectivity index (χ1) is 8.08. The molecule has 0 radical (unpaired) electrons. The third-order valence-corrected chi connectivity index (χ3v) is 3.19. The molecular weight excluding hydrogens is 216 g/mol. The van der Waals surface area contributed by atoms with E-state index in [9.17, 15) is 4.79 Å². The van der Waals surface area contributed by atoms with Crippen molar-refractivity contribution in [2.45, 2.75) is 12.5 Å². The van der Waals surface area contributed by atoms with Gasteiger partial charge in [0.15, 0.2) is 0 Å². The number of nitrogens with zero attached hydrogens (tertiary/aromatic N) is 3. The van der Waals surface area contributed by atoms with E-state index >= 15 is 0 Å². The van der Waals surface area contributed by atoms with Crippen molar-refractivity contribution < 1.29 is 4.79 Å². The van der Waals surface area contributed by atoms with Gasteiger partial charge in [-0.1, -0.05) is 0 Å². The Kier molecular flexibility index (Phi) is 3.28. The highest BCUT2D eigenvalue weighted by Gasteiger charge is 2.28. The van der Waals surface area contributed by atoms with Gasteiger partial charge in [0, 0.05) is 19.1 Å². The molecule has 1 amide bonds. The summed E-state index contributed by atoms with van der Waals surface area (Å²) in [5.41, 5.74) is 6.60. The Morgan fingerprint density at radius 3 is 2.82 bits per heavy atom. The van der Waals surface area contributed by atoms with Crippen LogP contribution in [-0.2, 0) is 0 Å². The summed E-state index contributed by atoms with van der Waals surface area (Å²) in [6.45, 7) is 1.58. The van der Waals surface area contributed by atoms with Crippen LogP contribution in [0, 0.1) is 0 Å². The maximum Gasteiger partial charge on any atom is 0.272 e. The number of likely N-dealkylation sites (tertiary alicyclic amines) is 1. The normalized spacial score (nSPS) is 19.9. The van der Waals surface area contributed by atoms with Gasteiger partial charge in [-0.05, 0) is 32.6 Å². The highest BCUT2D eigenvalue weighted by molar-refractivity contribution is 5.92. The van der Waals surface area contributed by atoms with Crippen molar-refractivity contribution in [1.82, 2.24) is 14.8 Å². The fourth-order valence-electron chi connectivity index (χ4n) is 2.04. The van der Waals surface area contributed by atoms with Crippen LogP contribution in [-0.4, -0.2) is 53.9 Å². The number of likely N-dealkylation sites (N-methyl/N-ethyl adjacent to an activating group) is 1. The topological polar surface area (TPSA) is 62.5 Å². The second-order valence-electron chi connectivity index (χ2n) is 4.63. The molecule has 5 heteroatoms. The molecule has 1 atom stereocenters. The molecule has 0 aromatic carbocycles. The van der Waals surface area contributed by atoms with Crippen molar-refractivity contribution >= 4 is 11.6 Å². The molecule has 0 aliphatic carbocycles. The van der Waals surface area contributed by atoms with Gasteiger partial charge in [0.25, 0.3) is 5.91 Å². The van der Waals surface area contributed by atoms with E-state index in [2.05, 4.69) is 9.88 Å². The molecule has 5 nitrogen and oxygen atoms in total. The second-order valence-corrected chi connectivity index (χ2v) is 4.63. The first-order valence-electron chi connectivity index (χ1n) is 5.75. The summed E-state index contributed by atoms with van der Waals surface area (Å²) in [7, 11) is 4.08. The minimum Gasteiger partial charge on any atom is -0.397 e. The van der Waals surface area contributed by atoms with E-state index < -0.39 is 0 Å². The maximum absolute atomic E-state index is 12.1. The van der Waals surface area contributed by atoms with Crippen LogP contribution in [0.3, 0.4) is 0 Å². The lowest BCUT2D eigenvalue weighted by Crippen LogP contribution is -2.34. The number of carbonyl (C=O) groups is 1. The molecule has 17 heavy (non-hydrogen) atoms. The van der Waals surface area contributed by atoms with Gasteiger partial charge in [0.1, 0.15) is 5.69 Å². The standard InChI is InChI=1S/C12H18N4O/c1-15(2)10-5-6-16(8-10)12(17)11-4-3-9(13)7-14-11/h3-4,7,10H,5-6,8,13H2,1-2H3/t10-/m0/s1. The number of hydrogen-bond donors (Lipinski definition) is 1. The predicted octanol–water partition coefficient (Wildman–Crippen LogP) is 0.440. The van der Waals surface area contributed by atoms with Gasteiger partial charge in [0.2, 0.25) is 0 Å². The van der Waals surface area contributed by atoms with E-state index in [1.807, 2.05) is 19.0 Å². The lowest BCUT2D eigenvalue weighted by Gasteiger charge is -2.20. The molecule has 1 fully saturated rings. The third-order valence-electron chi connectivity index (χ3n) is 3.19. The molecule has 92 valence electrons. The number of nitrogens with two attached hydrogens (primary N) is 1. The zero-order chi connectivity index (χ0) is 12.4. The smallest absolute Gasteiger partial charge is 0.272 e. The fourth-order valence-corrected chi connectivity index (χ4v) is 2.04. The van der Waals surface area contributed by atoms with E-state index in [0.717, 1.165) is 19.5 Å². The molecule has 2 rings (SSSR count). The number of pyridine rings is 1. The maximum atomic E-state index is 12.1. The molecule has 2 N–H and O–H groups in total. The van der Waals surface area contributed by atoms with Crippen LogP contribution in [0.1, 0.15) is 16.9 Å². The summed E-state index contributed by atoms with van der Waals surface area (Å²) in [5, 5.41) is 0. The first kappa shape index (κ1) is 11.9. The van der Waals surface area contributed by atoms with Crippen LogP contribution in [0.15, 0.2) is 18.3 Å². The molecule has 0 saturated carbocycles. The summed E-state index contributed by atoms with van der Waals surface area (Å²) in [5.74, 6) is -0.00523. The lowest BCUT2D eigenvalue weighted by molar-refractivity contribution is 0.0777. The predicted molar refractivity (Wildman–Crippen MR) is 66.6 cm³/mol. The van der Waals surface area contributed by atoms with Crippen molar-refractivity contribution in [3.05, 3.63) is 24.0 Å². The summed E-state index contributed by atoms with van der Waals surface area (Å²) in [4.78, 5) is 20.2. The number of nitrogen functional groups attached to an aromatic ring is 1. The monoisotopic (exact) mass is 234 g/mol. The quantitative estimate of drug-likeness (QED) is 0.806. The Labute approximate surface area is 101 Å². The van der Waals surface area contributed by atoms with Crippen LogP contribution in [0.5, 0.6) is 0 Å². The van der Waals surface area contributed by atoms with Gasteiger partial charge in [-0.25, -0.2) is 4.98 Å². The van der Waals surface area contributed by atoms with Crippen molar-refractivity contribution in [3.63, 3.8) is 0 Å². The molecule has 2 heterocycles. The molecule has 1 aliphatic rings. The number of hydrogen-bond acceptors (Lipinski definition) is 4. The highest BCUT2D eigenvalue weighted by atomic mass is 16.2. The van der Waals surface area contributed by atoms with Crippen molar-refractivity contribution in [2.24, 2.45) is 0 Å². The minimum absolute atomic E-state index is 0.00523. The van der Waals surface area contributed by atoms with E-state index in [-0.39, 0.29) is 5.91 Å². The molecule has 0 unspecified atom stereocenters. The SMILES string of the molecule is CN(C)[C@H]1CCN(C(=O)c2ccc(N)cn2)C1. The van der Waals surface area contributed by atoms with Gasteiger partial charge < -0.3 is 15.5 Å². The number of anilines is 1. The van der Waals surface area contributed by atoms with Crippen LogP contribution < -0.4 is 5.73 Å². The lowest BCUT2D eigenvalue weighted by atomic mass is 10.2. The number of aromatic nitrogens is 1. The van der Waals surface area contributed by atoms with Crippen LogP contribution in [0.25, 0.3) is 0 Å². The Morgan fingerprint density at radius 1 is 1.53 bits per heavy atom. The molecular formula is C12H18N4O. The van der Waals surface area contributed by atoms with E-state index in [1.54, 1.807) is 12.1 Å². The molecule has 1 aliphatic heterocycles. The molecule has 1 aromatic heterocycles. The molecule has 0 spiro atoms. The van der Waals surface area contributed by atoms with Crippen molar-refractivity contribution in [2.75, 3.05) is 32.9 Å². The van der Waals surface area contributed by atoms with Crippen molar-refractivity contribution in [3.8, 4) is 0 Å². The zero-order valence-electron chi connectivity index (χ0n) is 10.3. The van der Waals surface area contributed by atoms with Gasteiger partial charge >= 0.3 is 0 Å². The largest absolute Gasteiger partial charge is 0.397 e. The van der Waals surface area contributed by atoms with Gasteiger partial charge in [0.05, 0.1) is 11.9 Å². The first-order valence-corrected chi connectivity index (χ1v) is 5.75. The van der Waals surface area contributed by atoms with Gasteiger partial charge in [-0.3, -0.25) is 4.79 Å². The van der Waals surface area contributed by atoms with E-state index in [4.69, 9.17) is 5.73 Å². The highest BCUT2D eigenvalue weighted by Crippen LogP contribution is 2.15. The van der Waals surface area contributed by atoms with Crippen LogP contribution >= 0.6 is 0 Å². The van der Waals surface area contributed by atoms with Crippen LogP contribution in [0.2, 0.25) is 0 Å². The number of carbonyl (C=O) groups excluding carboxylic acids is 1. The average Bonchev–Trinajstić information content (AvgIpc) is 2.78. The number of rotatable bonds is 2.